The van der Waals surface area contributed by atoms with Crippen LogP contribution < -0.4 is 5.32 Å². The van der Waals surface area contributed by atoms with Crippen LogP contribution in [0.5, 0.6) is 0 Å². The maximum absolute atomic E-state index is 11.7. The van der Waals surface area contributed by atoms with Gasteiger partial charge in [-0.05, 0) is 12.5 Å². The van der Waals surface area contributed by atoms with Crippen molar-refractivity contribution in [2.75, 3.05) is 6.61 Å². The highest BCUT2D eigenvalue weighted by Crippen LogP contribution is 2.14. The van der Waals surface area contributed by atoms with Crippen molar-refractivity contribution in [1.29, 1.82) is 5.26 Å². The van der Waals surface area contributed by atoms with Crippen LogP contribution in [0.3, 0.4) is 0 Å². The molecule has 1 amide bonds. The maximum Gasteiger partial charge on any atom is 0.242 e. The molecule has 4 heteroatoms. The smallest absolute Gasteiger partial charge is 0.242 e. The summed E-state index contributed by atoms with van der Waals surface area (Å²) in [6.07, 6.45) is 0. The third-order valence-electron chi connectivity index (χ3n) is 2.19. The van der Waals surface area contributed by atoms with Gasteiger partial charge in [-0.3, -0.25) is 4.79 Å². The molecule has 0 saturated heterocycles. The number of aliphatic hydroxyl groups excluding tert-OH is 1. The molecule has 0 aliphatic heterocycles. The lowest BCUT2D eigenvalue weighted by atomic mass is 10.00. The van der Waals surface area contributed by atoms with Gasteiger partial charge in [0.25, 0.3) is 0 Å². The van der Waals surface area contributed by atoms with E-state index in [1.165, 1.54) is 0 Å². The van der Waals surface area contributed by atoms with Crippen LogP contribution in [0.2, 0.25) is 0 Å². The zero-order chi connectivity index (χ0) is 12.0. The van der Waals surface area contributed by atoms with E-state index in [0.29, 0.717) is 5.56 Å². The molecule has 84 valence electrons. The molecule has 0 aromatic heterocycles. The summed E-state index contributed by atoms with van der Waals surface area (Å²) < 4.78 is 0. The second-order valence-electron chi connectivity index (χ2n) is 3.57. The number of nitrogens with zero attached hydrogens (tertiary/aromatic N) is 1. The first-order valence-electron chi connectivity index (χ1n) is 5.04. The molecule has 2 N–H and O–H groups in total. The largest absolute Gasteiger partial charge is 0.394 e. The summed E-state index contributed by atoms with van der Waals surface area (Å²) in [5.74, 6) is -1.20. The molecule has 0 bridgehead atoms. The molecule has 1 rings (SSSR count). The van der Waals surface area contributed by atoms with Gasteiger partial charge >= 0.3 is 0 Å². The van der Waals surface area contributed by atoms with Crippen LogP contribution in [0, 0.1) is 11.3 Å². The zero-order valence-electron chi connectivity index (χ0n) is 9.05. The normalized spacial score (nSPS) is 13.6. The maximum atomic E-state index is 11.7. The van der Waals surface area contributed by atoms with E-state index in [2.05, 4.69) is 5.32 Å². The van der Waals surface area contributed by atoms with E-state index in [1.807, 2.05) is 12.1 Å². The van der Waals surface area contributed by atoms with E-state index < -0.39 is 5.92 Å². The van der Waals surface area contributed by atoms with E-state index in [4.69, 9.17) is 10.4 Å². The Morgan fingerprint density at radius 3 is 2.62 bits per heavy atom. The van der Waals surface area contributed by atoms with Crippen LogP contribution in [-0.4, -0.2) is 23.7 Å². The minimum atomic E-state index is -0.824. The van der Waals surface area contributed by atoms with Crippen LogP contribution in [0.1, 0.15) is 18.4 Å². The molecule has 1 aromatic rings. The Balaban J connectivity index is 2.77. The zero-order valence-corrected chi connectivity index (χ0v) is 9.05. The van der Waals surface area contributed by atoms with Crippen molar-refractivity contribution in [3.8, 4) is 6.07 Å². The minimum Gasteiger partial charge on any atom is -0.394 e. The second kappa shape index (κ2) is 5.89. The molecule has 1 unspecified atom stereocenters. The monoisotopic (exact) mass is 218 g/mol. The Kier molecular flexibility index (Phi) is 4.49. The first-order valence-corrected chi connectivity index (χ1v) is 5.04. The van der Waals surface area contributed by atoms with Gasteiger partial charge in [0, 0.05) is 6.04 Å². The van der Waals surface area contributed by atoms with Crippen LogP contribution in [0.25, 0.3) is 0 Å². The predicted octanol–water partition coefficient (Wildman–Crippen LogP) is 0.791. The first kappa shape index (κ1) is 12.2. The molecule has 16 heavy (non-hydrogen) atoms. The van der Waals surface area contributed by atoms with Gasteiger partial charge in [0.15, 0.2) is 0 Å². The summed E-state index contributed by atoms with van der Waals surface area (Å²) in [6.45, 7) is 1.54. The third-order valence-corrected chi connectivity index (χ3v) is 2.19. The molecule has 0 radical (unpaired) electrons. The topological polar surface area (TPSA) is 73.1 Å². The van der Waals surface area contributed by atoms with Gasteiger partial charge in [0.05, 0.1) is 12.7 Å². The second-order valence-corrected chi connectivity index (χ2v) is 3.57. The number of hydrogen-bond acceptors (Lipinski definition) is 3. The fourth-order valence-electron chi connectivity index (χ4n) is 1.30. The molecule has 0 aliphatic carbocycles. The van der Waals surface area contributed by atoms with E-state index >= 15 is 0 Å². The average molecular weight is 218 g/mol. The van der Waals surface area contributed by atoms with Crippen molar-refractivity contribution in [2.45, 2.75) is 18.9 Å². The van der Waals surface area contributed by atoms with Gasteiger partial charge in [0.2, 0.25) is 5.91 Å². The van der Waals surface area contributed by atoms with Gasteiger partial charge in [-0.2, -0.15) is 5.26 Å². The standard InChI is InChI=1S/C12H14N2O2/c1-9(8-15)14-12(16)11(7-13)10-5-3-2-4-6-10/h2-6,9,11,15H,8H2,1H3,(H,14,16)/t9-,11?/m1/s1. The van der Waals surface area contributed by atoms with Crippen LogP contribution in [0.15, 0.2) is 30.3 Å². The Bertz CT molecular complexity index is 384. The number of nitrogens with one attached hydrogen (secondary N) is 1. The summed E-state index contributed by atoms with van der Waals surface area (Å²) in [5, 5.41) is 20.3. The third kappa shape index (κ3) is 3.07. The van der Waals surface area contributed by atoms with Crippen LogP contribution >= 0.6 is 0 Å². The predicted molar refractivity (Wildman–Crippen MR) is 59.5 cm³/mol. The van der Waals surface area contributed by atoms with E-state index in [9.17, 15) is 4.79 Å². The van der Waals surface area contributed by atoms with Crippen LogP contribution in [0.4, 0.5) is 0 Å². The highest BCUT2D eigenvalue weighted by atomic mass is 16.3. The fraction of sp³-hybridized carbons (Fsp3) is 0.333. The van der Waals surface area contributed by atoms with Gasteiger partial charge in [0.1, 0.15) is 5.92 Å². The average Bonchev–Trinajstić information content (AvgIpc) is 2.31. The van der Waals surface area contributed by atoms with Crippen molar-refractivity contribution in [3.63, 3.8) is 0 Å². The number of aliphatic hydroxyl groups is 1. The van der Waals surface area contributed by atoms with Gasteiger partial charge in [-0.1, -0.05) is 30.3 Å². The number of benzene rings is 1. The molecule has 2 atom stereocenters. The molecule has 0 spiro atoms. The van der Waals surface area contributed by atoms with Gasteiger partial charge < -0.3 is 10.4 Å². The summed E-state index contributed by atoms with van der Waals surface area (Å²) in [7, 11) is 0. The van der Waals surface area contributed by atoms with Crippen molar-refractivity contribution in [2.24, 2.45) is 0 Å². The Hall–Kier alpha value is -1.86. The number of nitriles is 1. The number of hydrogen-bond donors (Lipinski definition) is 2. The van der Waals surface area contributed by atoms with Crippen molar-refractivity contribution >= 4 is 5.91 Å². The SMILES string of the molecule is C[C@H](CO)NC(=O)C(C#N)c1ccccc1. The summed E-state index contributed by atoms with van der Waals surface area (Å²) in [5.41, 5.74) is 0.660. The first-order chi connectivity index (χ1) is 7.69. The minimum absolute atomic E-state index is 0.140. The number of carbonyl (C=O) groups excluding carboxylic acids is 1. The van der Waals surface area contributed by atoms with E-state index in [-0.39, 0.29) is 18.6 Å². The van der Waals surface area contributed by atoms with Crippen molar-refractivity contribution < 1.29 is 9.90 Å². The molecular weight excluding hydrogens is 204 g/mol. The molecule has 0 heterocycles. The highest BCUT2D eigenvalue weighted by molar-refractivity contribution is 5.86. The molecule has 0 aliphatic rings. The van der Waals surface area contributed by atoms with Crippen molar-refractivity contribution in [3.05, 3.63) is 35.9 Å². The van der Waals surface area contributed by atoms with Crippen molar-refractivity contribution in [1.82, 2.24) is 5.32 Å². The Morgan fingerprint density at radius 1 is 1.50 bits per heavy atom. The lowest BCUT2D eigenvalue weighted by Crippen LogP contribution is -2.37. The number of carbonyl (C=O) groups is 1. The number of amides is 1. The molecule has 0 saturated carbocycles. The summed E-state index contributed by atoms with van der Waals surface area (Å²) >= 11 is 0. The Labute approximate surface area is 94.5 Å². The van der Waals surface area contributed by atoms with Gasteiger partial charge in [-0.15, -0.1) is 0 Å². The lowest BCUT2D eigenvalue weighted by molar-refractivity contribution is -0.122. The van der Waals surface area contributed by atoms with E-state index in [1.54, 1.807) is 31.2 Å². The summed E-state index contributed by atoms with van der Waals surface area (Å²) in [6, 6.07) is 10.5. The summed E-state index contributed by atoms with van der Waals surface area (Å²) in [4.78, 5) is 11.7. The molecule has 1 aromatic carbocycles. The van der Waals surface area contributed by atoms with Crippen LogP contribution in [-0.2, 0) is 4.79 Å². The van der Waals surface area contributed by atoms with Gasteiger partial charge in [-0.25, -0.2) is 0 Å². The van der Waals surface area contributed by atoms with E-state index in [0.717, 1.165) is 0 Å². The Morgan fingerprint density at radius 2 is 2.12 bits per heavy atom. The number of rotatable bonds is 4. The molecule has 4 nitrogen and oxygen atoms in total. The quantitative estimate of drug-likeness (QED) is 0.784. The highest BCUT2D eigenvalue weighted by Gasteiger charge is 2.20. The molecular formula is C12H14N2O2. The fourth-order valence-corrected chi connectivity index (χ4v) is 1.30. The lowest BCUT2D eigenvalue weighted by Gasteiger charge is -2.14. The molecule has 0 fully saturated rings.